The summed E-state index contributed by atoms with van der Waals surface area (Å²) in [6.45, 7) is 0. The van der Waals surface area contributed by atoms with Gasteiger partial charge in [0.25, 0.3) is 0 Å². The Balaban J connectivity index is 2.24. The summed E-state index contributed by atoms with van der Waals surface area (Å²) in [5, 5.41) is 9.93. The van der Waals surface area contributed by atoms with Crippen molar-refractivity contribution in [1.82, 2.24) is 9.97 Å². The Hall–Kier alpha value is -2.02. The molecule has 3 aromatic rings. The molecule has 2 N–H and O–H groups in total. The van der Waals surface area contributed by atoms with Gasteiger partial charge in [0, 0.05) is 4.47 Å². The number of hydrogen-bond donors (Lipinski definition) is 2. The second-order valence-electron chi connectivity index (χ2n) is 4.45. The highest BCUT2D eigenvalue weighted by Gasteiger charge is 2.35. The zero-order valence-electron chi connectivity index (χ0n) is 10.4. The number of H-pyrrole nitrogens is 1. The molecule has 0 amide bonds. The summed E-state index contributed by atoms with van der Waals surface area (Å²) in [6.07, 6.45) is -4.64. The van der Waals surface area contributed by atoms with Crippen LogP contribution >= 0.6 is 15.9 Å². The Morgan fingerprint density at radius 2 is 1.86 bits per heavy atom. The molecular formula is C14H8BrF3N2O. The average molecular weight is 357 g/mol. The number of halogens is 4. The largest absolute Gasteiger partial charge is 0.507 e. The lowest BCUT2D eigenvalue weighted by atomic mass is 10.1. The fraction of sp³-hybridized carbons (Fsp3) is 0.0714. The van der Waals surface area contributed by atoms with Gasteiger partial charge in [0.05, 0.1) is 22.2 Å². The second-order valence-corrected chi connectivity index (χ2v) is 5.37. The Morgan fingerprint density at radius 1 is 1.14 bits per heavy atom. The van der Waals surface area contributed by atoms with E-state index in [9.17, 15) is 18.3 Å². The van der Waals surface area contributed by atoms with Gasteiger partial charge in [0.2, 0.25) is 0 Å². The molecule has 0 aliphatic heterocycles. The van der Waals surface area contributed by atoms with Crippen molar-refractivity contribution in [2.45, 2.75) is 6.18 Å². The van der Waals surface area contributed by atoms with Gasteiger partial charge >= 0.3 is 6.18 Å². The van der Waals surface area contributed by atoms with Crippen LogP contribution in [-0.4, -0.2) is 15.1 Å². The lowest BCUT2D eigenvalue weighted by Crippen LogP contribution is -2.06. The molecule has 0 aliphatic rings. The number of para-hydroxylation sites is 2. The zero-order chi connectivity index (χ0) is 15.2. The van der Waals surface area contributed by atoms with Gasteiger partial charge in [-0.2, -0.15) is 13.2 Å². The fourth-order valence-corrected chi connectivity index (χ4v) is 2.53. The molecule has 0 aliphatic carbocycles. The highest BCUT2D eigenvalue weighted by molar-refractivity contribution is 9.10. The smallest absolute Gasteiger partial charge is 0.420 e. The first-order chi connectivity index (χ1) is 9.86. The molecule has 0 spiro atoms. The first kappa shape index (κ1) is 13.9. The Labute approximate surface area is 125 Å². The molecule has 3 rings (SSSR count). The molecule has 0 radical (unpaired) electrons. The van der Waals surface area contributed by atoms with Crippen LogP contribution in [0.15, 0.2) is 40.9 Å². The van der Waals surface area contributed by atoms with Crippen LogP contribution in [0.25, 0.3) is 22.4 Å². The normalized spacial score (nSPS) is 12.0. The van der Waals surface area contributed by atoms with Gasteiger partial charge in [-0.1, -0.05) is 28.1 Å². The predicted molar refractivity (Wildman–Crippen MR) is 75.9 cm³/mol. The van der Waals surface area contributed by atoms with Crippen molar-refractivity contribution < 1.29 is 18.3 Å². The quantitative estimate of drug-likeness (QED) is 0.662. The number of hydrogen-bond acceptors (Lipinski definition) is 2. The van der Waals surface area contributed by atoms with Crippen molar-refractivity contribution in [3.8, 4) is 17.1 Å². The molecule has 1 aromatic heterocycles. The summed E-state index contributed by atoms with van der Waals surface area (Å²) >= 11 is 3.03. The monoisotopic (exact) mass is 356 g/mol. The van der Waals surface area contributed by atoms with Crippen molar-refractivity contribution in [1.29, 1.82) is 0 Å². The van der Waals surface area contributed by atoms with Gasteiger partial charge in [-0.25, -0.2) is 4.98 Å². The topological polar surface area (TPSA) is 48.9 Å². The van der Waals surface area contributed by atoms with Gasteiger partial charge in [0.15, 0.2) is 0 Å². The molecule has 0 unspecified atom stereocenters. The van der Waals surface area contributed by atoms with E-state index in [-0.39, 0.29) is 15.9 Å². The Morgan fingerprint density at radius 3 is 2.52 bits per heavy atom. The van der Waals surface area contributed by atoms with E-state index in [4.69, 9.17) is 0 Å². The molecule has 7 heteroatoms. The van der Waals surface area contributed by atoms with Crippen LogP contribution in [0.4, 0.5) is 13.2 Å². The number of benzene rings is 2. The minimum atomic E-state index is -4.64. The van der Waals surface area contributed by atoms with Crippen LogP contribution < -0.4 is 0 Å². The Bertz CT molecular complexity index is 794. The molecule has 3 nitrogen and oxygen atoms in total. The van der Waals surface area contributed by atoms with E-state index >= 15 is 0 Å². The standard InChI is InChI=1S/C14H8BrF3N2O/c15-7-5-8(12(21)9(6-7)14(16,17)18)13-19-10-3-1-2-4-11(10)20-13/h1-6,21H,(H,19,20). The first-order valence-corrected chi connectivity index (χ1v) is 6.70. The molecule has 108 valence electrons. The number of nitrogens with zero attached hydrogens (tertiary/aromatic N) is 1. The van der Waals surface area contributed by atoms with Crippen molar-refractivity contribution in [3.05, 3.63) is 46.4 Å². The molecular weight excluding hydrogens is 349 g/mol. The molecule has 21 heavy (non-hydrogen) atoms. The number of rotatable bonds is 1. The third-order valence-corrected chi connectivity index (χ3v) is 3.48. The van der Waals surface area contributed by atoms with E-state index in [0.717, 1.165) is 6.07 Å². The van der Waals surface area contributed by atoms with Crippen molar-refractivity contribution in [3.63, 3.8) is 0 Å². The maximum atomic E-state index is 12.9. The van der Waals surface area contributed by atoms with E-state index in [1.807, 2.05) is 0 Å². The van der Waals surface area contributed by atoms with E-state index in [0.29, 0.717) is 11.0 Å². The van der Waals surface area contributed by atoms with Crippen molar-refractivity contribution >= 4 is 27.0 Å². The minimum absolute atomic E-state index is 0.00657. The molecule has 0 atom stereocenters. The summed E-state index contributed by atoms with van der Waals surface area (Å²) in [6, 6.07) is 9.27. The summed E-state index contributed by atoms with van der Waals surface area (Å²) in [7, 11) is 0. The highest BCUT2D eigenvalue weighted by atomic mass is 79.9. The number of alkyl halides is 3. The third kappa shape index (κ3) is 2.49. The van der Waals surface area contributed by atoms with Crippen LogP contribution in [0.1, 0.15) is 5.56 Å². The number of nitrogens with one attached hydrogen (secondary N) is 1. The molecule has 2 aromatic carbocycles. The number of aromatic hydroxyl groups is 1. The molecule has 0 saturated heterocycles. The summed E-state index contributed by atoms with van der Waals surface area (Å²) < 4.78 is 39.0. The predicted octanol–water partition coefficient (Wildman–Crippen LogP) is 4.72. The van der Waals surface area contributed by atoms with Gasteiger partial charge in [0.1, 0.15) is 11.6 Å². The summed E-state index contributed by atoms with van der Waals surface area (Å²) in [5.41, 5.74) is 0.182. The van der Waals surface area contributed by atoms with Crippen molar-refractivity contribution in [2.24, 2.45) is 0 Å². The second kappa shape index (κ2) is 4.77. The number of aromatic nitrogens is 2. The van der Waals surface area contributed by atoms with Crippen LogP contribution in [0.5, 0.6) is 5.75 Å². The molecule has 0 bridgehead atoms. The SMILES string of the molecule is Oc1c(-c2nc3ccccc3[nH]2)cc(Br)cc1C(F)(F)F. The van der Waals surface area contributed by atoms with Gasteiger partial charge < -0.3 is 10.1 Å². The highest BCUT2D eigenvalue weighted by Crippen LogP contribution is 2.42. The van der Waals surface area contributed by atoms with E-state index in [1.54, 1.807) is 24.3 Å². The number of imidazole rings is 1. The van der Waals surface area contributed by atoms with Crippen molar-refractivity contribution in [2.75, 3.05) is 0 Å². The van der Waals surface area contributed by atoms with Gasteiger partial charge in [-0.15, -0.1) is 0 Å². The van der Waals surface area contributed by atoms with Gasteiger partial charge in [-0.3, -0.25) is 0 Å². The van der Waals surface area contributed by atoms with Crippen LogP contribution in [-0.2, 0) is 6.18 Å². The maximum Gasteiger partial charge on any atom is 0.420 e. The summed E-state index contributed by atoms with van der Waals surface area (Å²) in [4.78, 5) is 7.10. The van der Waals surface area contributed by atoms with E-state index in [2.05, 4.69) is 25.9 Å². The van der Waals surface area contributed by atoms with E-state index < -0.39 is 17.5 Å². The van der Waals surface area contributed by atoms with Crippen LogP contribution in [0.3, 0.4) is 0 Å². The maximum absolute atomic E-state index is 12.9. The molecule has 0 saturated carbocycles. The van der Waals surface area contributed by atoms with Crippen LogP contribution in [0.2, 0.25) is 0 Å². The molecule has 1 heterocycles. The number of phenols is 1. The lowest BCUT2D eigenvalue weighted by Gasteiger charge is -2.12. The number of fused-ring (bicyclic) bond motifs is 1. The fourth-order valence-electron chi connectivity index (χ4n) is 2.08. The van der Waals surface area contributed by atoms with Gasteiger partial charge in [-0.05, 0) is 24.3 Å². The first-order valence-electron chi connectivity index (χ1n) is 5.91. The number of aromatic amines is 1. The van der Waals surface area contributed by atoms with E-state index in [1.165, 1.54) is 6.07 Å². The Kier molecular flexibility index (Phi) is 3.16. The lowest BCUT2D eigenvalue weighted by molar-refractivity contribution is -0.138. The third-order valence-electron chi connectivity index (χ3n) is 3.02. The zero-order valence-corrected chi connectivity index (χ0v) is 12.0. The average Bonchev–Trinajstić information content (AvgIpc) is 2.83. The minimum Gasteiger partial charge on any atom is -0.507 e. The van der Waals surface area contributed by atoms with Crippen LogP contribution in [0, 0.1) is 0 Å². The number of phenolic OH excluding ortho intramolecular Hbond substituents is 1. The molecule has 0 fully saturated rings. The summed E-state index contributed by atoms with van der Waals surface area (Å²) in [5.74, 6) is -0.662.